The molecule has 0 aliphatic heterocycles. The molecule has 2 rings (SSSR count). The Morgan fingerprint density at radius 3 is 2.24 bits per heavy atom. The molecule has 2 aromatic carbocycles. The van der Waals surface area contributed by atoms with Gasteiger partial charge in [-0.05, 0) is 42.7 Å². The lowest BCUT2D eigenvalue weighted by molar-refractivity contribution is -0.118. The summed E-state index contributed by atoms with van der Waals surface area (Å²) in [5.41, 5.74) is 1.54. The maximum absolute atomic E-state index is 12.1. The summed E-state index contributed by atoms with van der Waals surface area (Å²) in [4.78, 5) is 23.9. The van der Waals surface area contributed by atoms with Crippen LogP contribution in [0.4, 0.5) is 0 Å². The minimum Gasteiger partial charge on any atom is -0.497 e. The van der Waals surface area contributed by atoms with Crippen LogP contribution in [0.1, 0.15) is 22.3 Å². The van der Waals surface area contributed by atoms with E-state index < -0.39 is 21.5 Å². The van der Waals surface area contributed by atoms with Crippen LogP contribution in [0.3, 0.4) is 0 Å². The third kappa shape index (κ3) is 8.35. The molecule has 2 amide bonds. The van der Waals surface area contributed by atoms with Crippen molar-refractivity contribution >= 4 is 21.7 Å². The third-order valence-corrected chi connectivity index (χ3v) is 5.81. The van der Waals surface area contributed by atoms with Crippen molar-refractivity contribution in [3.8, 4) is 5.75 Å². The number of rotatable bonds is 11. The zero-order valence-electron chi connectivity index (χ0n) is 16.4. The second kappa shape index (κ2) is 11.2. The van der Waals surface area contributed by atoms with Crippen LogP contribution in [0.2, 0.25) is 0 Å². The topological polar surface area (TPSA) is 102 Å². The second-order valence-corrected chi connectivity index (χ2v) is 8.70. The minimum atomic E-state index is -3.47. The molecule has 2 N–H and O–H groups in total. The van der Waals surface area contributed by atoms with E-state index in [1.165, 1.54) is 0 Å². The highest BCUT2D eigenvalue weighted by Crippen LogP contribution is 2.10. The maximum Gasteiger partial charge on any atom is 0.251 e. The molecule has 0 spiro atoms. The number of carbonyl (C=O) groups is 2. The quantitative estimate of drug-likeness (QED) is 0.540. The lowest BCUT2D eigenvalue weighted by atomic mass is 10.1. The molecule has 0 saturated carbocycles. The van der Waals surface area contributed by atoms with Crippen molar-refractivity contribution in [1.29, 1.82) is 0 Å². The maximum atomic E-state index is 12.1. The third-order valence-electron chi connectivity index (χ3n) is 4.20. The first-order valence-corrected chi connectivity index (χ1v) is 11.1. The molecule has 7 nitrogen and oxygen atoms in total. The van der Waals surface area contributed by atoms with Crippen molar-refractivity contribution in [1.82, 2.24) is 10.6 Å². The van der Waals surface area contributed by atoms with Crippen LogP contribution in [-0.2, 0) is 21.1 Å². The molecular formula is C21H26N2O5S. The zero-order valence-corrected chi connectivity index (χ0v) is 17.2. The van der Waals surface area contributed by atoms with E-state index >= 15 is 0 Å². The fourth-order valence-electron chi connectivity index (χ4n) is 2.69. The SMILES string of the molecule is COc1ccc(C(=O)NCCNC(=O)CS(=O)(=O)CCCc2ccccc2)cc1. The van der Waals surface area contributed by atoms with Gasteiger partial charge >= 0.3 is 0 Å². The van der Waals surface area contributed by atoms with Crippen LogP contribution in [0.15, 0.2) is 54.6 Å². The summed E-state index contributed by atoms with van der Waals surface area (Å²) in [7, 11) is -1.92. The Hall–Kier alpha value is -2.87. The molecule has 0 radical (unpaired) electrons. The van der Waals surface area contributed by atoms with Gasteiger partial charge in [-0.25, -0.2) is 8.42 Å². The van der Waals surface area contributed by atoms with E-state index in [1.807, 2.05) is 30.3 Å². The van der Waals surface area contributed by atoms with Gasteiger partial charge in [-0.1, -0.05) is 30.3 Å². The predicted octanol–water partition coefficient (Wildman–Crippen LogP) is 1.59. The number of sulfone groups is 1. The first-order chi connectivity index (χ1) is 13.9. The second-order valence-electron chi connectivity index (χ2n) is 6.52. The number of carbonyl (C=O) groups excluding carboxylic acids is 2. The van der Waals surface area contributed by atoms with Crippen molar-refractivity contribution in [2.45, 2.75) is 12.8 Å². The fourth-order valence-corrected chi connectivity index (χ4v) is 3.92. The predicted molar refractivity (Wildman–Crippen MR) is 112 cm³/mol. The number of amides is 2. The Balaban J connectivity index is 1.64. The summed E-state index contributed by atoms with van der Waals surface area (Å²) in [6, 6.07) is 16.2. The van der Waals surface area contributed by atoms with E-state index in [1.54, 1.807) is 31.4 Å². The molecule has 2 aromatic rings. The van der Waals surface area contributed by atoms with E-state index in [2.05, 4.69) is 10.6 Å². The molecule has 0 saturated heterocycles. The standard InChI is InChI=1S/C21H26N2O5S/c1-28-19-11-9-18(10-12-19)21(25)23-14-13-22-20(24)16-29(26,27)15-5-8-17-6-3-2-4-7-17/h2-4,6-7,9-12H,5,8,13-16H2,1H3,(H,22,24)(H,23,25). The van der Waals surface area contributed by atoms with Gasteiger partial charge in [0, 0.05) is 18.7 Å². The molecule has 29 heavy (non-hydrogen) atoms. The number of benzene rings is 2. The molecule has 0 fully saturated rings. The first kappa shape index (κ1) is 22.4. The van der Waals surface area contributed by atoms with Gasteiger partial charge in [0.2, 0.25) is 5.91 Å². The van der Waals surface area contributed by atoms with Crippen LogP contribution in [0.5, 0.6) is 5.75 Å². The molecule has 0 aliphatic rings. The minimum absolute atomic E-state index is 0.0382. The number of hydrogen-bond acceptors (Lipinski definition) is 5. The lowest BCUT2D eigenvalue weighted by Gasteiger charge is -2.08. The van der Waals surface area contributed by atoms with E-state index in [0.29, 0.717) is 24.2 Å². The summed E-state index contributed by atoms with van der Waals surface area (Å²) in [5.74, 6) is -0.782. The highest BCUT2D eigenvalue weighted by molar-refractivity contribution is 7.92. The van der Waals surface area contributed by atoms with Gasteiger partial charge in [0.25, 0.3) is 5.91 Å². The molecular weight excluding hydrogens is 392 g/mol. The van der Waals surface area contributed by atoms with Crippen molar-refractivity contribution in [3.63, 3.8) is 0 Å². The number of nitrogens with one attached hydrogen (secondary N) is 2. The highest BCUT2D eigenvalue weighted by Gasteiger charge is 2.16. The number of hydrogen-bond donors (Lipinski definition) is 2. The summed E-state index contributed by atoms with van der Waals surface area (Å²) in [6.45, 7) is 0.352. The Labute approximate surface area is 171 Å². The van der Waals surface area contributed by atoms with Crippen LogP contribution >= 0.6 is 0 Å². The Kier molecular flexibility index (Phi) is 8.67. The van der Waals surface area contributed by atoms with E-state index in [0.717, 1.165) is 5.56 Å². The number of aryl methyl sites for hydroxylation is 1. The van der Waals surface area contributed by atoms with Gasteiger partial charge < -0.3 is 15.4 Å². The van der Waals surface area contributed by atoms with Crippen molar-refractivity contribution in [2.24, 2.45) is 0 Å². The molecule has 156 valence electrons. The molecule has 0 aliphatic carbocycles. The average Bonchev–Trinajstić information content (AvgIpc) is 2.71. The molecule has 8 heteroatoms. The van der Waals surface area contributed by atoms with E-state index in [4.69, 9.17) is 4.74 Å². The fraction of sp³-hybridized carbons (Fsp3) is 0.333. The molecule has 0 atom stereocenters. The monoisotopic (exact) mass is 418 g/mol. The van der Waals surface area contributed by atoms with E-state index in [9.17, 15) is 18.0 Å². The normalized spacial score (nSPS) is 10.9. The molecule has 0 bridgehead atoms. The van der Waals surface area contributed by atoms with Gasteiger partial charge in [-0.2, -0.15) is 0 Å². The number of methoxy groups -OCH3 is 1. The summed E-state index contributed by atoms with van der Waals surface area (Å²) in [6.07, 6.45) is 1.12. The first-order valence-electron chi connectivity index (χ1n) is 9.33. The summed E-state index contributed by atoms with van der Waals surface area (Å²) < 4.78 is 29.2. The van der Waals surface area contributed by atoms with E-state index in [-0.39, 0.29) is 24.7 Å². The van der Waals surface area contributed by atoms with Crippen LogP contribution in [-0.4, -0.2) is 51.9 Å². The van der Waals surface area contributed by atoms with Crippen LogP contribution in [0, 0.1) is 0 Å². The van der Waals surface area contributed by atoms with Crippen molar-refractivity contribution < 1.29 is 22.7 Å². The Morgan fingerprint density at radius 2 is 1.59 bits per heavy atom. The Morgan fingerprint density at radius 1 is 0.931 bits per heavy atom. The molecule has 0 aromatic heterocycles. The van der Waals surface area contributed by atoms with Crippen LogP contribution in [0.25, 0.3) is 0 Å². The van der Waals surface area contributed by atoms with Gasteiger partial charge in [0.05, 0.1) is 12.9 Å². The zero-order chi connectivity index (χ0) is 21.1. The molecule has 0 heterocycles. The Bertz CT molecular complexity index is 896. The average molecular weight is 419 g/mol. The highest BCUT2D eigenvalue weighted by atomic mass is 32.2. The number of ether oxygens (including phenoxy) is 1. The van der Waals surface area contributed by atoms with Crippen molar-refractivity contribution in [2.75, 3.05) is 31.7 Å². The van der Waals surface area contributed by atoms with Crippen LogP contribution < -0.4 is 15.4 Å². The smallest absolute Gasteiger partial charge is 0.251 e. The van der Waals surface area contributed by atoms with Gasteiger partial charge in [-0.3, -0.25) is 9.59 Å². The largest absolute Gasteiger partial charge is 0.497 e. The summed E-state index contributed by atoms with van der Waals surface area (Å²) in [5, 5.41) is 5.18. The summed E-state index contributed by atoms with van der Waals surface area (Å²) >= 11 is 0. The van der Waals surface area contributed by atoms with Gasteiger partial charge in [0.1, 0.15) is 11.5 Å². The van der Waals surface area contributed by atoms with Crippen molar-refractivity contribution in [3.05, 3.63) is 65.7 Å². The molecule has 0 unspecified atom stereocenters. The van der Waals surface area contributed by atoms with Gasteiger partial charge in [0.15, 0.2) is 9.84 Å². The van der Waals surface area contributed by atoms with Gasteiger partial charge in [-0.15, -0.1) is 0 Å². The lowest BCUT2D eigenvalue weighted by Crippen LogP contribution is -2.37.